The number of pyridine rings is 1. The van der Waals surface area contributed by atoms with Crippen LogP contribution in [-0.4, -0.2) is 15.0 Å². The van der Waals surface area contributed by atoms with Gasteiger partial charge in [-0.3, -0.25) is 0 Å². The Morgan fingerprint density at radius 3 is 2.38 bits per heavy atom. The van der Waals surface area contributed by atoms with E-state index in [9.17, 15) is 0 Å². The molecule has 40 heavy (non-hydrogen) atoms. The van der Waals surface area contributed by atoms with Crippen LogP contribution in [0.25, 0.3) is 66.8 Å². The van der Waals surface area contributed by atoms with Crippen molar-refractivity contribution in [1.82, 2.24) is 15.0 Å². The molecule has 197 valence electrons. The predicted octanol–water partition coefficient (Wildman–Crippen LogP) is 8.50. The molecule has 7 heteroatoms. The molecule has 0 spiro atoms. The molecule has 0 bridgehead atoms. The molecule has 0 fully saturated rings. The van der Waals surface area contributed by atoms with Crippen LogP contribution in [0, 0.1) is 25.8 Å². The average Bonchev–Trinajstić information content (AvgIpc) is 3.74. The maximum absolute atomic E-state index is 7.50. The number of fused-ring (bicyclic) bond motifs is 6. The molecule has 4 aromatic carbocycles. The van der Waals surface area contributed by atoms with Crippen LogP contribution in [0.2, 0.25) is 0 Å². The molecule has 4 aromatic heterocycles. The molecule has 0 saturated heterocycles. The summed E-state index contributed by atoms with van der Waals surface area (Å²) in [6.07, 6.45) is 1.40. The van der Waals surface area contributed by atoms with Crippen LogP contribution in [0.5, 0.6) is 0 Å². The van der Waals surface area contributed by atoms with Gasteiger partial charge >= 0.3 is 0 Å². The summed E-state index contributed by atoms with van der Waals surface area (Å²) in [6, 6.07) is 32.7. The van der Waals surface area contributed by atoms with Crippen LogP contribution in [0.3, 0.4) is 0 Å². The summed E-state index contributed by atoms with van der Waals surface area (Å²) >= 11 is 0. The molecule has 0 aliphatic heterocycles. The van der Waals surface area contributed by atoms with Crippen molar-refractivity contribution in [3.05, 3.63) is 115 Å². The Labute approximate surface area is 251 Å². The number of aryl methyl sites for hydroxylation is 2. The van der Waals surface area contributed by atoms with Crippen LogP contribution in [0.15, 0.2) is 104 Å². The molecule has 0 saturated carbocycles. The summed E-state index contributed by atoms with van der Waals surface area (Å²) in [4.78, 5) is 12.1. The van der Waals surface area contributed by atoms with E-state index in [2.05, 4.69) is 45.3 Å². The van der Waals surface area contributed by atoms with E-state index in [0.29, 0.717) is 22.7 Å². The van der Waals surface area contributed by atoms with Crippen LogP contribution < -0.4 is 0 Å². The number of aromatic nitrogens is 3. The molecule has 0 aliphatic rings. The molecule has 0 aliphatic carbocycles. The fourth-order valence-electron chi connectivity index (χ4n) is 4.48. The van der Waals surface area contributed by atoms with Crippen LogP contribution in [0.4, 0.5) is 0 Å². The zero-order valence-corrected chi connectivity index (χ0v) is 23.0. The second-order valence-electron chi connectivity index (χ2n) is 8.72. The van der Waals surface area contributed by atoms with Gasteiger partial charge in [0, 0.05) is 52.2 Å². The standard InChI is InChI=1S/C22H14NO.C11H7N2O2.Ir/c1-14-9-12-20(23-13-14)19-8-4-7-17-18-11-10-15-5-2-3-6-16(15)21(18)24-22(17)19;1-7-12-10-11(14-7)13-9(15-10)8-5-3-2-4-6-8;/h2-7,9-13H,1H3;2-5H,1H3;/q2*-1;/i2*1D3;. The van der Waals surface area contributed by atoms with Gasteiger partial charge in [-0.2, -0.15) is 4.98 Å². The largest absolute Gasteiger partial charge is 0.500 e. The molecule has 0 amide bonds. The number of oxazole rings is 2. The maximum atomic E-state index is 7.50. The minimum absolute atomic E-state index is 0. The fraction of sp³-hybridized carbons (Fsp3) is 0.0606. The predicted molar refractivity (Wildman–Crippen MR) is 151 cm³/mol. The zero-order chi connectivity index (χ0) is 31.3. The second-order valence-corrected chi connectivity index (χ2v) is 8.72. The third kappa shape index (κ3) is 4.60. The Bertz CT molecular complexity index is 2280. The van der Waals surface area contributed by atoms with Crippen LogP contribution in [-0.2, 0) is 20.1 Å². The van der Waals surface area contributed by atoms with Gasteiger partial charge in [0.2, 0.25) is 0 Å². The number of rotatable bonds is 2. The first-order valence-electron chi connectivity index (χ1n) is 15.0. The van der Waals surface area contributed by atoms with Crippen molar-refractivity contribution in [3.63, 3.8) is 0 Å². The van der Waals surface area contributed by atoms with Gasteiger partial charge in [0.05, 0.1) is 5.58 Å². The van der Waals surface area contributed by atoms with Gasteiger partial charge in [0.25, 0.3) is 11.4 Å². The molecular formula is C33H21IrN3O3-2. The zero-order valence-electron chi connectivity index (χ0n) is 26.6. The number of hydrogen-bond donors (Lipinski definition) is 0. The van der Waals surface area contributed by atoms with E-state index in [1.165, 1.54) is 6.20 Å². The van der Waals surface area contributed by atoms with Crippen LogP contribution in [0.1, 0.15) is 19.7 Å². The Hall–Kier alpha value is -4.58. The minimum atomic E-state index is -2.40. The SMILES string of the molecule is [2H]C([2H])([2H])c1ccc(-c2[c-]ccc3c2oc2c4ccccc4ccc32)nc1.[2H]C([2H])([2H])c1nc2oc(-c3[c-]cccc3)nc2o1.[Ir]. The van der Waals surface area contributed by atoms with E-state index >= 15 is 0 Å². The van der Waals surface area contributed by atoms with Crippen LogP contribution >= 0.6 is 0 Å². The summed E-state index contributed by atoms with van der Waals surface area (Å²) in [5.41, 5.74) is 3.93. The van der Waals surface area contributed by atoms with E-state index in [0.717, 1.165) is 32.7 Å². The van der Waals surface area contributed by atoms with Gasteiger partial charge in [0.15, 0.2) is 5.89 Å². The Kier molecular flexibility index (Phi) is 5.13. The molecule has 6 nitrogen and oxygen atoms in total. The summed E-state index contributed by atoms with van der Waals surface area (Å²) in [6.45, 7) is -4.57. The molecule has 4 heterocycles. The van der Waals surface area contributed by atoms with Crippen molar-refractivity contribution in [2.75, 3.05) is 0 Å². The molecule has 0 atom stereocenters. The van der Waals surface area contributed by atoms with E-state index < -0.39 is 13.7 Å². The third-order valence-electron chi connectivity index (χ3n) is 6.26. The molecule has 0 unspecified atom stereocenters. The van der Waals surface area contributed by atoms with Gasteiger partial charge in [-0.15, -0.1) is 48.5 Å². The van der Waals surface area contributed by atoms with Crippen molar-refractivity contribution in [2.45, 2.75) is 13.7 Å². The summed E-state index contributed by atoms with van der Waals surface area (Å²) in [7, 11) is 0. The number of furan rings is 1. The van der Waals surface area contributed by atoms with Gasteiger partial charge in [-0.05, 0) is 23.5 Å². The van der Waals surface area contributed by atoms with Crippen molar-refractivity contribution in [3.8, 4) is 22.7 Å². The minimum Gasteiger partial charge on any atom is -0.500 e. The first-order chi connectivity index (χ1) is 21.6. The van der Waals surface area contributed by atoms with Crippen molar-refractivity contribution in [2.24, 2.45) is 0 Å². The average molecular weight is 706 g/mol. The number of nitrogens with zero attached hydrogens (tertiary/aromatic N) is 3. The summed E-state index contributed by atoms with van der Waals surface area (Å²) in [5, 5.41) is 4.21. The van der Waals surface area contributed by atoms with Gasteiger partial charge < -0.3 is 18.2 Å². The van der Waals surface area contributed by atoms with Gasteiger partial charge in [-0.1, -0.05) is 65.0 Å². The monoisotopic (exact) mass is 706 g/mol. The second kappa shape index (κ2) is 10.5. The fourth-order valence-corrected chi connectivity index (χ4v) is 4.48. The first-order valence-corrected chi connectivity index (χ1v) is 12.0. The van der Waals surface area contributed by atoms with Gasteiger partial charge in [0.1, 0.15) is 11.5 Å². The van der Waals surface area contributed by atoms with E-state index in [-0.39, 0.29) is 43.0 Å². The molecular weight excluding hydrogens is 679 g/mol. The summed E-state index contributed by atoms with van der Waals surface area (Å²) in [5.74, 6) is -0.0683. The Balaban J connectivity index is 0.000000171. The topological polar surface area (TPSA) is 78.1 Å². The Morgan fingerprint density at radius 1 is 0.700 bits per heavy atom. The Morgan fingerprint density at radius 2 is 1.57 bits per heavy atom. The maximum Gasteiger partial charge on any atom is 0.278 e. The first kappa shape index (κ1) is 19.5. The quantitative estimate of drug-likeness (QED) is 0.168. The van der Waals surface area contributed by atoms with Crippen molar-refractivity contribution >= 4 is 44.1 Å². The molecule has 0 N–H and O–H groups in total. The third-order valence-corrected chi connectivity index (χ3v) is 6.26. The number of hydrogen-bond acceptors (Lipinski definition) is 6. The molecule has 8 rings (SSSR count). The van der Waals surface area contributed by atoms with Crippen molar-refractivity contribution < 1.29 is 41.6 Å². The molecule has 1 radical (unpaired) electrons. The number of benzene rings is 4. The van der Waals surface area contributed by atoms with E-state index in [1.807, 2.05) is 42.5 Å². The van der Waals surface area contributed by atoms with E-state index in [1.54, 1.807) is 24.3 Å². The summed E-state index contributed by atoms with van der Waals surface area (Å²) < 4.78 is 60.6. The van der Waals surface area contributed by atoms with E-state index in [4.69, 9.17) is 21.5 Å². The molecule has 8 aromatic rings. The smallest absolute Gasteiger partial charge is 0.278 e. The normalized spacial score (nSPS) is 13.9. The van der Waals surface area contributed by atoms with Gasteiger partial charge in [-0.25, -0.2) is 4.98 Å². The van der Waals surface area contributed by atoms with Crippen molar-refractivity contribution in [1.29, 1.82) is 0 Å².